The van der Waals surface area contributed by atoms with Crippen molar-refractivity contribution in [2.75, 3.05) is 85.3 Å². The van der Waals surface area contributed by atoms with E-state index in [4.69, 9.17) is 56.8 Å². The van der Waals surface area contributed by atoms with Crippen molar-refractivity contribution in [3.8, 4) is 136 Å². The molecule has 78 heavy (non-hydrogen) atoms. The van der Waals surface area contributed by atoms with Crippen LogP contribution >= 0.6 is 0 Å². The molecule has 0 aliphatic carbocycles. The number of hydrogen-bond acceptors (Lipinski definition) is 12. The second kappa shape index (κ2) is 22.0. The summed E-state index contributed by atoms with van der Waals surface area (Å²) in [5, 5.41) is 5.94. The van der Waals surface area contributed by atoms with Crippen molar-refractivity contribution < 1.29 is 56.8 Å². The van der Waals surface area contributed by atoms with Crippen LogP contribution in [-0.2, 0) is 0 Å². The highest BCUT2D eigenvalue weighted by molar-refractivity contribution is 6.29. The van der Waals surface area contributed by atoms with Gasteiger partial charge in [-0.15, -0.1) is 0 Å². The predicted molar refractivity (Wildman–Crippen MR) is 310 cm³/mol. The molecule has 10 aromatic rings. The minimum absolute atomic E-state index is 0.592. The van der Waals surface area contributed by atoms with E-state index in [2.05, 4.69) is 72.8 Å². The van der Waals surface area contributed by atoms with Crippen LogP contribution in [0, 0.1) is 0 Å². The van der Waals surface area contributed by atoms with E-state index in [9.17, 15) is 0 Å². The maximum atomic E-state index is 5.94. The molecular weight excluding hydrogens is 985 g/mol. The Morgan fingerprint density at radius 3 is 0.397 bits per heavy atom. The monoisotopic (exact) mass is 1040 g/mol. The molecule has 0 atom stereocenters. The maximum absolute atomic E-state index is 5.94. The molecule has 0 fully saturated rings. The summed E-state index contributed by atoms with van der Waals surface area (Å²) in [7, 11) is 19.7. The first-order valence-corrected chi connectivity index (χ1v) is 25.0. The Kier molecular flexibility index (Phi) is 14.7. The highest BCUT2D eigenvalue weighted by Gasteiger charge is 2.24. The summed E-state index contributed by atoms with van der Waals surface area (Å²) in [6, 6.07) is 49.8. The van der Waals surface area contributed by atoms with Crippen LogP contribution in [0.2, 0.25) is 0 Å². The van der Waals surface area contributed by atoms with Crippen molar-refractivity contribution in [2.45, 2.75) is 0 Å². The van der Waals surface area contributed by atoms with Crippen molar-refractivity contribution >= 4 is 32.3 Å². The molecule has 0 bridgehead atoms. The lowest BCUT2D eigenvalue weighted by Crippen LogP contribution is -1.97. The lowest BCUT2D eigenvalue weighted by molar-refractivity contribution is 0.355. The van der Waals surface area contributed by atoms with Gasteiger partial charge in [0.15, 0.2) is 69.0 Å². The quantitative estimate of drug-likeness (QED) is 0.0763. The molecule has 0 amide bonds. The lowest BCUT2D eigenvalue weighted by Gasteiger charge is -2.22. The fourth-order valence-corrected chi connectivity index (χ4v) is 10.6. The zero-order valence-corrected chi connectivity index (χ0v) is 45.8. The molecule has 0 unspecified atom stereocenters. The normalized spacial score (nSPS) is 11.1. The maximum Gasteiger partial charge on any atom is 0.161 e. The molecule has 0 N–H and O–H groups in total. The first-order chi connectivity index (χ1) is 38.1. The average molecular weight is 1050 g/mol. The average Bonchev–Trinajstić information content (AvgIpc) is 3.68. The molecule has 0 aliphatic heterocycles. The first kappa shape index (κ1) is 52.0. The van der Waals surface area contributed by atoms with Gasteiger partial charge >= 0.3 is 0 Å². The van der Waals surface area contributed by atoms with Gasteiger partial charge in [-0.3, -0.25) is 0 Å². The van der Waals surface area contributed by atoms with E-state index in [1.807, 2.05) is 72.8 Å². The van der Waals surface area contributed by atoms with Crippen molar-refractivity contribution in [1.82, 2.24) is 0 Å². The number of ether oxygens (including phenoxy) is 12. The van der Waals surface area contributed by atoms with Crippen LogP contribution in [0.5, 0.6) is 69.0 Å². The summed E-state index contributed by atoms with van der Waals surface area (Å²) in [5.41, 5.74) is 11.1. The predicted octanol–water partition coefficient (Wildman–Crippen LogP) is 15.3. The van der Waals surface area contributed by atoms with Gasteiger partial charge in [0.05, 0.1) is 85.3 Å². The molecular formula is C66H60O12. The summed E-state index contributed by atoms with van der Waals surface area (Å²) >= 11 is 0. The van der Waals surface area contributed by atoms with Gasteiger partial charge in [-0.05, 0) is 208 Å². The van der Waals surface area contributed by atoms with Crippen LogP contribution in [0.25, 0.3) is 99.1 Å². The van der Waals surface area contributed by atoms with E-state index in [1.165, 1.54) is 0 Å². The third kappa shape index (κ3) is 9.18. The van der Waals surface area contributed by atoms with Crippen LogP contribution in [0.1, 0.15) is 0 Å². The topological polar surface area (TPSA) is 111 Å². The van der Waals surface area contributed by atoms with E-state index in [-0.39, 0.29) is 0 Å². The molecule has 396 valence electrons. The summed E-state index contributed by atoms with van der Waals surface area (Å²) in [4.78, 5) is 0. The molecule has 0 saturated heterocycles. The van der Waals surface area contributed by atoms with E-state index in [0.29, 0.717) is 69.0 Å². The van der Waals surface area contributed by atoms with Gasteiger partial charge in [-0.25, -0.2) is 0 Å². The third-order valence-corrected chi connectivity index (χ3v) is 14.5. The van der Waals surface area contributed by atoms with Crippen molar-refractivity contribution in [3.05, 3.63) is 146 Å². The van der Waals surface area contributed by atoms with Crippen LogP contribution in [0.3, 0.4) is 0 Å². The van der Waals surface area contributed by atoms with Crippen molar-refractivity contribution in [1.29, 1.82) is 0 Å². The van der Waals surface area contributed by atoms with Crippen LogP contribution in [-0.4, -0.2) is 85.3 Å². The molecule has 0 aliphatic rings. The number of hydrogen-bond donors (Lipinski definition) is 0. The minimum atomic E-state index is 0.592. The number of fused-ring (bicyclic) bond motifs is 6. The zero-order valence-electron chi connectivity index (χ0n) is 45.8. The third-order valence-electron chi connectivity index (χ3n) is 14.5. The van der Waals surface area contributed by atoms with Gasteiger partial charge in [0, 0.05) is 0 Å². The number of rotatable bonds is 18. The molecule has 0 spiro atoms. The summed E-state index contributed by atoms with van der Waals surface area (Å²) in [6.45, 7) is 0. The van der Waals surface area contributed by atoms with Crippen molar-refractivity contribution in [2.24, 2.45) is 0 Å². The highest BCUT2D eigenvalue weighted by atomic mass is 16.5. The van der Waals surface area contributed by atoms with Gasteiger partial charge in [0.1, 0.15) is 0 Å². The Labute approximate surface area is 454 Å². The summed E-state index contributed by atoms with van der Waals surface area (Å²) < 4.78 is 70.2. The van der Waals surface area contributed by atoms with E-state index in [0.717, 1.165) is 99.1 Å². The molecule has 12 heteroatoms. The van der Waals surface area contributed by atoms with E-state index in [1.54, 1.807) is 85.3 Å². The van der Waals surface area contributed by atoms with Gasteiger partial charge in [0.2, 0.25) is 0 Å². The Morgan fingerprint density at radius 1 is 0.154 bits per heavy atom. The standard InChI is InChI=1S/C66H60O12/c1-67-55-19-13-37(25-61(55)73-7)43-31-49-50(32-44(43)38-14-20-56(68-2)62(26-38)74-8)52-34-46(40-16-22-58(70-4)64(28-40)76-10)48(42-18-24-60(72-6)66(30-42)78-12)36-54(52)53-35-47(41-17-23-59(71-5)65(29-41)77-11)45(33-51(49)53)39-15-21-57(69-3)63(27-39)75-9/h13-36H,1-12H3. The first-order valence-electron chi connectivity index (χ1n) is 25.0. The molecule has 0 radical (unpaired) electrons. The molecule has 12 nitrogen and oxygen atoms in total. The second-order valence-corrected chi connectivity index (χ2v) is 18.2. The smallest absolute Gasteiger partial charge is 0.161 e. The zero-order chi connectivity index (χ0) is 54.8. The van der Waals surface area contributed by atoms with Crippen LogP contribution < -0.4 is 56.8 Å². The summed E-state index contributed by atoms with van der Waals surface area (Å²) in [6.07, 6.45) is 0. The highest BCUT2D eigenvalue weighted by Crippen LogP contribution is 2.51. The van der Waals surface area contributed by atoms with Gasteiger partial charge < -0.3 is 56.8 Å². The second-order valence-electron chi connectivity index (χ2n) is 18.2. The Morgan fingerprint density at radius 2 is 0.282 bits per heavy atom. The fourth-order valence-electron chi connectivity index (χ4n) is 10.6. The molecule has 0 heterocycles. The number of benzene rings is 10. The van der Waals surface area contributed by atoms with Crippen LogP contribution in [0.15, 0.2) is 146 Å². The minimum Gasteiger partial charge on any atom is -0.493 e. The Balaban J connectivity index is 1.45. The summed E-state index contributed by atoms with van der Waals surface area (Å²) in [5.74, 6) is 7.23. The van der Waals surface area contributed by atoms with Gasteiger partial charge in [-0.2, -0.15) is 0 Å². The SMILES string of the molecule is COc1ccc(-c2cc3c4cc(-c5ccc(OC)c(OC)c5)c(-c5ccc(OC)c(OC)c5)cc4c4cc(-c5ccc(OC)c(OC)c5)c(-c5ccc(OC)c(OC)c5)cc4c3cc2-c2ccc(OC)c(OC)c2)cc1OC. The fraction of sp³-hybridized carbons (Fsp3) is 0.182. The number of methoxy groups -OCH3 is 12. The van der Waals surface area contributed by atoms with Gasteiger partial charge in [0.25, 0.3) is 0 Å². The lowest BCUT2D eigenvalue weighted by atomic mass is 9.82. The van der Waals surface area contributed by atoms with E-state index < -0.39 is 0 Å². The molecule has 0 aromatic heterocycles. The molecule has 10 rings (SSSR count). The van der Waals surface area contributed by atoms with Crippen LogP contribution in [0.4, 0.5) is 0 Å². The van der Waals surface area contributed by atoms with Crippen molar-refractivity contribution in [3.63, 3.8) is 0 Å². The Hall–Kier alpha value is -9.42. The van der Waals surface area contributed by atoms with Gasteiger partial charge in [-0.1, -0.05) is 36.4 Å². The largest absolute Gasteiger partial charge is 0.493 e. The van der Waals surface area contributed by atoms with E-state index >= 15 is 0 Å². The molecule has 0 saturated carbocycles. The molecule has 10 aromatic carbocycles. The Bertz CT molecular complexity index is 3240.